The lowest BCUT2D eigenvalue weighted by Crippen LogP contribution is -2.61. The van der Waals surface area contributed by atoms with Crippen LogP contribution in [0.3, 0.4) is 0 Å². The van der Waals surface area contributed by atoms with Crippen LogP contribution >= 0.6 is 0 Å². The first-order valence-corrected chi connectivity index (χ1v) is 20.9. The lowest BCUT2D eigenvalue weighted by Gasteiger charge is -2.43. The van der Waals surface area contributed by atoms with E-state index in [1.54, 1.807) is 19.6 Å². The molecule has 0 saturated heterocycles. The molecule has 0 radical (unpaired) electrons. The van der Waals surface area contributed by atoms with Crippen LogP contribution in [0.1, 0.15) is 86.6 Å². The molecule has 234 valence electrons. The number of carbonyl (C=O) groups is 1. The Kier molecular flexibility index (Phi) is 8.18. The Labute approximate surface area is 247 Å². The molecule has 0 aromatic carbocycles. The summed E-state index contributed by atoms with van der Waals surface area (Å²) in [6.45, 7) is 4.58. The van der Waals surface area contributed by atoms with E-state index in [2.05, 4.69) is 0 Å². The van der Waals surface area contributed by atoms with Crippen molar-refractivity contribution in [1.29, 1.82) is 0 Å². The van der Waals surface area contributed by atoms with Crippen LogP contribution in [0.2, 0.25) is 39.3 Å². The predicted molar refractivity (Wildman–Crippen MR) is 152 cm³/mol. The Morgan fingerprint density at radius 3 is 2.08 bits per heavy atom. The van der Waals surface area contributed by atoms with Gasteiger partial charge in [0.15, 0.2) is 16.6 Å². The van der Waals surface area contributed by atoms with E-state index in [1.807, 2.05) is 6.92 Å². The number of hydrogen-bond acceptors (Lipinski definition) is 3. The largest absolute Gasteiger partial charge is 0.429 e. The number of carbonyl (C=O) groups excluding carboxylic acids is 1. The van der Waals surface area contributed by atoms with Gasteiger partial charge < -0.3 is 8.85 Å². The zero-order chi connectivity index (χ0) is 36.0. The molecule has 2 aliphatic carbocycles. The van der Waals surface area contributed by atoms with Gasteiger partial charge in [-0.25, -0.2) is 0 Å². The summed E-state index contributed by atoms with van der Waals surface area (Å²) in [5, 5.41) is 0. The van der Waals surface area contributed by atoms with E-state index in [9.17, 15) is 31.1 Å². The monoisotopic (exact) mass is 622 g/mol. The minimum absolute atomic E-state index is 0.0138. The second-order valence-corrected chi connectivity index (χ2v) is 22.7. The first kappa shape index (κ1) is 26.9. The van der Waals surface area contributed by atoms with Crippen LogP contribution in [0.15, 0.2) is 12.2 Å². The molecule has 40 heavy (non-hydrogen) atoms. The molecule has 2 rings (SSSR count). The second kappa shape index (κ2) is 12.1. The van der Waals surface area contributed by atoms with Gasteiger partial charge in [-0.1, -0.05) is 19.4 Å². The van der Waals surface area contributed by atoms with Crippen molar-refractivity contribution in [1.82, 2.24) is 0 Å². The van der Waals surface area contributed by atoms with Crippen LogP contribution in [0.4, 0.5) is 26.3 Å². The number of alkyl halides is 6. The molecule has 0 heterocycles. The van der Waals surface area contributed by atoms with Gasteiger partial charge in [-0.05, 0) is 121 Å². The summed E-state index contributed by atoms with van der Waals surface area (Å²) in [5.41, 5.74) is -7.55. The molecular weight excluding hydrogens is 566 g/mol. The molecule has 0 spiro atoms. The molecular formula is C29H50F6O3Si2. The molecule has 0 aliphatic heterocycles. The summed E-state index contributed by atoms with van der Waals surface area (Å²) in [4.78, 5) is 12.8. The van der Waals surface area contributed by atoms with Crippen LogP contribution in [-0.4, -0.2) is 46.0 Å². The Morgan fingerprint density at radius 1 is 1.00 bits per heavy atom. The third-order valence-corrected chi connectivity index (χ3v) is 10.1. The van der Waals surface area contributed by atoms with Gasteiger partial charge in [0.1, 0.15) is 5.78 Å². The summed E-state index contributed by atoms with van der Waals surface area (Å²) in [5.74, 6) is -1.00. The fourth-order valence-electron chi connectivity index (χ4n) is 6.81. The Bertz CT molecular complexity index is 1070. The summed E-state index contributed by atoms with van der Waals surface area (Å²) in [7, 11) is -6.15. The van der Waals surface area contributed by atoms with E-state index in [4.69, 9.17) is 17.1 Å². The summed E-state index contributed by atoms with van der Waals surface area (Å²) < 4.78 is 145. The van der Waals surface area contributed by atoms with E-state index < -0.39 is 71.6 Å². The zero-order valence-corrected chi connectivity index (χ0v) is 26.7. The maximum absolute atomic E-state index is 14.2. The van der Waals surface area contributed by atoms with Crippen molar-refractivity contribution in [3.8, 4) is 0 Å². The van der Waals surface area contributed by atoms with E-state index in [0.29, 0.717) is 32.1 Å². The van der Waals surface area contributed by atoms with Gasteiger partial charge in [-0.3, -0.25) is 4.79 Å². The molecule has 3 nitrogen and oxygen atoms in total. The van der Waals surface area contributed by atoms with Crippen molar-refractivity contribution in [3.63, 3.8) is 0 Å². The Balaban J connectivity index is 2.56. The van der Waals surface area contributed by atoms with E-state index >= 15 is 0 Å². The van der Waals surface area contributed by atoms with Gasteiger partial charge in [0.25, 0.3) is 5.60 Å². The van der Waals surface area contributed by atoms with Crippen LogP contribution in [0.25, 0.3) is 0 Å². The smallest absolute Gasteiger partial charge is 0.413 e. The van der Waals surface area contributed by atoms with Crippen LogP contribution in [0.5, 0.6) is 0 Å². The molecule has 0 aromatic heterocycles. The molecule has 0 unspecified atom stereocenters. The van der Waals surface area contributed by atoms with Gasteiger partial charge in [-0.2, -0.15) is 26.3 Å². The zero-order valence-electron chi connectivity index (χ0n) is 30.7. The highest BCUT2D eigenvalue weighted by molar-refractivity contribution is 6.70. The molecule has 2 saturated carbocycles. The highest BCUT2D eigenvalue weighted by atomic mass is 28.4. The maximum atomic E-state index is 14.2. The van der Waals surface area contributed by atoms with Gasteiger partial charge in [0, 0.05) is 20.6 Å². The summed E-state index contributed by atoms with van der Waals surface area (Å²) in [6, 6.07) is 0. The normalized spacial score (nSPS) is 29.3. The summed E-state index contributed by atoms with van der Waals surface area (Å²) >= 11 is 0. The molecule has 0 bridgehead atoms. The fraction of sp³-hybridized carbons (Fsp3) is 0.897. The average Bonchev–Trinajstić information content (AvgIpc) is 3.15. The minimum atomic E-state index is -5.80. The number of Topliss-reactive ketones (excluding diaryl/α,β-unsaturated/α-hetero) is 1. The summed E-state index contributed by atoms with van der Waals surface area (Å²) in [6.07, 6.45) is -8.46. The number of allylic oxidation sites excluding steroid dienone is 1. The lowest BCUT2D eigenvalue weighted by molar-refractivity contribution is -0.340. The highest BCUT2D eigenvalue weighted by Crippen LogP contribution is 2.58. The number of fused-ring (bicyclic) bond motifs is 1. The first-order chi connectivity index (χ1) is 20.3. The van der Waals surface area contributed by atoms with Crippen molar-refractivity contribution in [2.75, 3.05) is 0 Å². The molecule has 2 aliphatic rings. The molecule has 0 aromatic rings. The first-order valence-electron chi connectivity index (χ1n) is 17.1. The predicted octanol–water partition coefficient (Wildman–Crippen LogP) is 9.85. The van der Waals surface area contributed by atoms with Gasteiger partial charge >= 0.3 is 12.4 Å². The lowest BCUT2D eigenvalue weighted by atomic mass is 9.61. The molecule has 0 amide bonds. The van der Waals surface area contributed by atoms with Gasteiger partial charge in [-0.15, -0.1) is 0 Å². The van der Waals surface area contributed by atoms with Crippen molar-refractivity contribution < 1.29 is 48.2 Å². The van der Waals surface area contributed by atoms with Crippen molar-refractivity contribution in [2.24, 2.45) is 23.2 Å². The average molecular weight is 623 g/mol. The van der Waals surface area contributed by atoms with Crippen molar-refractivity contribution in [3.05, 3.63) is 12.2 Å². The number of rotatable bonds is 12. The van der Waals surface area contributed by atoms with Gasteiger partial charge in [0.2, 0.25) is 0 Å². The maximum Gasteiger partial charge on any atom is 0.429 e. The number of hydrogen-bond donors (Lipinski definition) is 0. The van der Waals surface area contributed by atoms with E-state index in [-0.39, 0.29) is 43.0 Å². The molecule has 2 fully saturated rings. The molecule has 11 heteroatoms. The standard InChI is InChI=1S/C29H50F6O3Si2/c1-25(2,37-39(4,5)6)18-10-13-21(22-16-17-23-24(36)15-12-19-26(22,23)3)14-11-20-27(28(30,31)32,29(33,34)35)38-40(7,8)9/h11,20-23H,10,12-19H2,1-9H3/b20-11-/t21-,22-,23+,26-/m1/s1/i1D3,2D3. The minimum Gasteiger partial charge on any atom is -0.413 e. The topological polar surface area (TPSA) is 35.5 Å². The third kappa shape index (κ3) is 8.69. The van der Waals surface area contributed by atoms with E-state index in [0.717, 1.165) is 6.08 Å². The van der Waals surface area contributed by atoms with Crippen molar-refractivity contribution in [2.45, 2.75) is 141 Å². The second-order valence-electron chi connectivity index (χ2n) is 13.8. The van der Waals surface area contributed by atoms with Crippen LogP contribution in [-0.2, 0) is 13.6 Å². The van der Waals surface area contributed by atoms with E-state index in [1.165, 1.54) is 19.6 Å². The number of ketones is 1. The Hall–Kier alpha value is -0.656. The molecule has 4 atom stereocenters. The Morgan fingerprint density at radius 2 is 1.57 bits per heavy atom. The van der Waals surface area contributed by atoms with Crippen LogP contribution in [0, 0.1) is 23.2 Å². The van der Waals surface area contributed by atoms with Crippen molar-refractivity contribution >= 4 is 22.4 Å². The highest BCUT2D eigenvalue weighted by Gasteiger charge is 2.71. The third-order valence-electron chi connectivity index (χ3n) is 8.19. The SMILES string of the molecule is [2H]C([2H])([2H])C(CCC[C@H](C/C=C\C(O[Si](C)(C)C)(C(F)(F)F)C(F)(F)F)[C@H]1CC[C@H]2C(=O)CCC[C@]12C)(O[Si](C)(C)C)C([2H])([2H])[2H]. The van der Waals surface area contributed by atoms with Gasteiger partial charge in [0.05, 0.1) is 5.60 Å². The quantitative estimate of drug-likeness (QED) is 0.123. The molecule has 0 N–H and O–H groups in total. The fourth-order valence-corrected chi connectivity index (χ4v) is 9.22. The van der Waals surface area contributed by atoms with Crippen LogP contribution < -0.4 is 0 Å². The number of halogens is 6.